The summed E-state index contributed by atoms with van der Waals surface area (Å²) in [5, 5.41) is 0. The van der Waals surface area contributed by atoms with Gasteiger partial charge in [0.2, 0.25) is 0 Å². The van der Waals surface area contributed by atoms with Crippen molar-refractivity contribution in [3.63, 3.8) is 0 Å². The third kappa shape index (κ3) is 3.07. The first-order valence-electron chi connectivity index (χ1n) is 9.70. The molecular formula is C21H23NO7. The van der Waals surface area contributed by atoms with E-state index in [1.165, 1.54) is 12.0 Å². The normalized spacial score (nSPS) is 37.9. The van der Waals surface area contributed by atoms with E-state index in [1.807, 2.05) is 30.3 Å². The Kier molecular flexibility index (Phi) is 4.29. The number of epoxide rings is 1. The predicted octanol–water partition coefficient (Wildman–Crippen LogP) is 1.31. The lowest BCUT2D eigenvalue weighted by Crippen LogP contribution is -2.67. The van der Waals surface area contributed by atoms with Gasteiger partial charge in [0, 0.05) is 7.11 Å². The van der Waals surface area contributed by atoms with Gasteiger partial charge in [-0.3, -0.25) is 9.69 Å². The molecule has 4 heterocycles. The van der Waals surface area contributed by atoms with Crippen LogP contribution in [0.15, 0.2) is 42.1 Å². The Morgan fingerprint density at radius 3 is 2.59 bits per heavy atom. The number of methoxy groups -OCH3 is 1. The van der Waals surface area contributed by atoms with Crippen LogP contribution in [0.1, 0.15) is 25.5 Å². The quantitative estimate of drug-likeness (QED) is 0.418. The summed E-state index contributed by atoms with van der Waals surface area (Å²) in [6, 6.07) is 9.40. The van der Waals surface area contributed by atoms with Crippen LogP contribution in [-0.2, 0) is 33.3 Å². The van der Waals surface area contributed by atoms with E-state index in [1.54, 1.807) is 19.9 Å². The van der Waals surface area contributed by atoms with Gasteiger partial charge in [0.15, 0.2) is 18.0 Å². The van der Waals surface area contributed by atoms with Crippen molar-refractivity contribution >= 4 is 11.9 Å². The molecule has 6 atom stereocenters. The number of carbonyl (C=O) groups excluding carboxylic acids is 2. The van der Waals surface area contributed by atoms with Gasteiger partial charge < -0.3 is 23.7 Å². The van der Waals surface area contributed by atoms with Crippen LogP contribution in [0.25, 0.3) is 0 Å². The van der Waals surface area contributed by atoms with Crippen molar-refractivity contribution in [2.45, 2.75) is 56.2 Å². The molecule has 4 aliphatic rings. The third-order valence-electron chi connectivity index (χ3n) is 5.76. The van der Waals surface area contributed by atoms with Gasteiger partial charge in [-0.2, -0.15) is 0 Å². The Labute approximate surface area is 168 Å². The summed E-state index contributed by atoms with van der Waals surface area (Å²) in [6.45, 7) is 3.93. The number of benzene rings is 1. The Morgan fingerprint density at radius 1 is 1.17 bits per heavy atom. The Hall–Kier alpha value is -2.26. The first kappa shape index (κ1) is 18.7. The number of nitrogens with zero attached hydrogens (tertiary/aromatic N) is 1. The lowest BCUT2D eigenvalue weighted by molar-refractivity contribution is -0.172. The van der Waals surface area contributed by atoms with Gasteiger partial charge in [-0.25, -0.2) is 4.79 Å². The molecule has 0 unspecified atom stereocenters. The highest BCUT2D eigenvalue weighted by molar-refractivity contribution is 6.00. The van der Waals surface area contributed by atoms with Crippen molar-refractivity contribution < 1.29 is 33.3 Å². The second-order valence-corrected chi connectivity index (χ2v) is 8.08. The first-order valence-corrected chi connectivity index (χ1v) is 9.70. The molecule has 8 heteroatoms. The van der Waals surface area contributed by atoms with Crippen LogP contribution in [0.4, 0.5) is 0 Å². The SMILES string of the molecule is CO[C@H]1C(=O)N(C2=C[C@@H]([C@@H]3COC(C)(C)O3)OC2=O)[C@H]1[C@H]1O[C@@H]1c1ccccc1. The standard InChI is InChI=1S/C21H23NO7/c1-21(2)26-10-14(29-21)13-9-12(20(24)27-13)22-15(18(25-3)19(22)23)17-16(28-17)11-7-5-4-6-8-11/h4-9,13-18H,10H2,1-3H3/t13-,14-,15-,16+,17+,18+/m0/s1. The van der Waals surface area contributed by atoms with Crippen LogP contribution in [0, 0.1) is 0 Å². The number of carbonyl (C=O) groups is 2. The number of rotatable bonds is 5. The van der Waals surface area contributed by atoms with Crippen molar-refractivity contribution in [1.29, 1.82) is 0 Å². The van der Waals surface area contributed by atoms with Gasteiger partial charge in [-0.15, -0.1) is 0 Å². The Morgan fingerprint density at radius 2 is 1.93 bits per heavy atom. The fraction of sp³-hybridized carbons (Fsp3) is 0.524. The van der Waals surface area contributed by atoms with E-state index in [4.69, 9.17) is 23.7 Å². The molecule has 1 aromatic carbocycles. The third-order valence-corrected chi connectivity index (χ3v) is 5.76. The Balaban J connectivity index is 1.36. The van der Waals surface area contributed by atoms with Gasteiger partial charge >= 0.3 is 5.97 Å². The molecule has 4 aliphatic heterocycles. The molecule has 1 amide bonds. The van der Waals surface area contributed by atoms with Crippen LogP contribution in [0.2, 0.25) is 0 Å². The van der Waals surface area contributed by atoms with E-state index in [0.29, 0.717) is 6.61 Å². The second-order valence-electron chi connectivity index (χ2n) is 8.08. The van der Waals surface area contributed by atoms with Crippen molar-refractivity contribution in [1.82, 2.24) is 4.90 Å². The maximum Gasteiger partial charge on any atom is 0.355 e. The largest absolute Gasteiger partial charge is 0.450 e. The molecule has 3 saturated heterocycles. The summed E-state index contributed by atoms with van der Waals surface area (Å²) in [4.78, 5) is 26.7. The van der Waals surface area contributed by atoms with E-state index in [-0.39, 0.29) is 29.9 Å². The molecule has 29 heavy (non-hydrogen) atoms. The van der Waals surface area contributed by atoms with Gasteiger partial charge in [-0.05, 0) is 25.5 Å². The fourth-order valence-electron chi connectivity index (χ4n) is 4.30. The Bertz CT molecular complexity index is 867. The smallest absolute Gasteiger partial charge is 0.355 e. The first-order chi connectivity index (χ1) is 13.9. The van der Waals surface area contributed by atoms with Crippen LogP contribution < -0.4 is 0 Å². The van der Waals surface area contributed by atoms with Crippen LogP contribution >= 0.6 is 0 Å². The molecule has 0 aliphatic carbocycles. The molecule has 0 saturated carbocycles. The van der Waals surface area contributed by atoms with Crippen molar-refractivity contribution in [3.8, 4) is 0 Å². The monoisotopic (exact) mass is 401 g/mol. The van der Waals surface area contributed by atoms with Crippen molar-refractivity contribution in [2.75, 3.05) is 13.7 Å². The van der Waals surface area contributed by atoms with Crippen LogP contribution in [-0.4, -0.2) is 66.7 Å². The summed E-state index contributed by atoms with van der Waals surface area (Å²) >= 11 is 0. The number of hydrogen-bond acceptors (Lipinski definition) is 7. The van der Waals surface area contributed by atoms with E-state index >= 15 is 0 Å². The number of hydrogen-bond donors (Lipinski definition) is 0. The highest BCUT2D eigenvalue weighted by atomic mass is 16.8. The van der Waals surface area contributed by atoms with Gasteiger partial charge in [0.05, 0.1) is 6.61 Å². The van der Waals surface area contributed by atoms with Gasteiger partial charge in [0.1, 0.15) is 30.1 Å². The zero-order valence-corrected chi connectivity index (χ0v) is 16.4. The molecule has 0 radical (unpaired) electrons. The summed E-state index contributed by atoms with van der Waals surface area (Å²) in [6.07, 6.45) is -0.373. The molecule has 3 fully saturated rings. The maximum absolute atomic E-state index is 12.7. The number of ether oxygens (including phenoxy) is 5. The zero-order chi connectivity index (χ0) is 20.3. The minimum atomic E-state index is -0.727. The molecule has 5 rings (SSSR count). The van der Waals surface area contributed by atoms with Crippen LogP contribution in [0.3, 0.4) is 0 Å². The summed E-state index contributed by atoms with van der Waals surface area (Å²) in [5.41, 5.74) is 1.25. The lowest BCUT2D eigenvalue weighted by Gasteiger charge is -2.45. The lowest BCUT2D eigenvalue weighted by atomic mass is 9.90. The molecule has 0 N–H and O–H groups in total. The van der Waals surface area contributed by atoms with Crippen molar-refractivity contribution in [2.24, 2.45) is 0 Å². The molecular weight excluding hydrogens is 378 g/mol. The molecule has 8 nitrogen and oxygen atoms in total. The van der Waals surface area contributed by atoms with E-state index in [2.05, 4.69) is 0 Å². The molecule has 154 valence electrons. The summed E-state index contributed by atoms with van der Waals surface area (Å²) in [7, 11) is 1.49. The second kappa shape index (κ2) is 6.63. The average Bonchev–Trinajstić information content (AvgIpc) is 3.26. The minimum absolute atomic E-state index is 0.129. The average molecular weight is 401 g/mol. The highest BCUT2D eigenvalue weighted by Crippen LogP contribution is 2.48. The molecule has 0 spiro atoms. The fourth-order valence-corrected chi connectivity index (χ4v) is 4.30. The molecule has 0 aromatic heterocycles. The zero-order valence-electron chi connectivity index (χ0n) is 16.4. The topological polar surface area (TPSA) is 86.8 Å². The summed E-state index contributed by atoms with van der Waals surface area (Å²) in [5.74, 6) is -1.55. The minimum Gasteiger partial charge on any atom is -0.450 e. The number of β-lactam (4-membered cyclic amide) rings is 1. The van der Waals surface area contributed by atoms with E-state index in [0.717, 1.165) is 5.56 Å². The predicted molar refractivity (Wildman–Crippen MR) is 98.4 cm³/mol. The number of esters is 1. The summed E-state index contributed by atoms with van der Waals surface area (Å²) < 4.78 is 28.1. The molecule has 0 bridgehead atoms. The van der Waals surface area contributed by atoms with E-state index in [9.17, 15) is 9.59 Å². The van der Waals surface area contributed by atoms with Gasteiger partial charge in [-0.1, -0.05) is 30.3 Å². The van der Waals surface area contributed by atoms with Crippen molar-refractivity contribution in [3.05, 3.63) is 47.7 Å². The molecule has 1 aromatic rings. The van der Waals surface area contributed by atoms with Crippen LogP contribution in [0.5, 0.6) is 0 Å². The number of likely N-dealkylation sites (tertiary alicyclic amines) is 1. The highest BCUT2D eigenvalue weighted by Gasteiger charge is 2.63. The number of amides is 1. The maximum atomic E-state index is 12.7. The van der Waals surface area contributed by atoms with Gasteiger partial charge in [0.25, 0.3) is 5.91 Å². The van der Waals surface area contributed by atoms with E-state index < -0.39 is 30.1 Å². The number of cyclic esters (lactones) is 1.